The molecule has 1 radical (unpaired) electrons. The maximum atomic E-state index is 6.28. The Bertz CT molecular complexity index is 1320. The first-order chi connectivity index (χ1) is 16.6. The van der Waals surface area contributed by atoms with Gasteiger partial charge in [-0.2, -0.15) is 0 Å². The molecule has 35 heavy (non-hydrogen) atoms. The Hall–Kier alpha value is -3.25. The van der Waals surface area contributed by atoms with E-state index in [0.29, 0.717) is 0 Å². The van der Waals surface area contributed by atoms with Crippen LogP contribution in [0.4, 0.5) is 0 Å². The summed E-state index contributed by atoms with van der Waals surface area (Å²) in [5.74, 6) is 0.167. The van der Waals surface area contributed by atoms with Gasteiger partial charge in [-0.25, -0.2) is 9.97 Å². The Kier molecular flexibility index (Phi) is 9.79. The topological polar surface area (TPSA) is 75.7 Å². The molecule has 0 unspecified atom stereocenters. The standard InChI is InChI=1S/2C13H9NS.C2H6N2.Ru/c2*1-2-6-10(7-3-1)13-14-11-8-4-5-9-12(11)15-13;1-2(3)4;/h2*1-9H;1H3,(H3,3,4);/q;;;+3. The molecule has 2 heterocycles. The molecule has 0 bridgehead atoms. The molecule has 0 fully saturated rings. The van der Waals surface area contributed by atoms with Gasteiger partial charge >= 0.3 is 19.5 Å². The summed E-state index contributed by atoms with van der Waals surface area (Å²) in [7, 11) is 0. The summed E-state index contributed by atoms with van der Waals surface area (Å²) in [4.78, 5) is 9.20. The SMILES string of the molecule is CC(=N)N.[Ru+3].c1ccc(-c2nc3ccccc3s2)cc1.c1ccc(-c2nc3ccccc3s2)cc1. The number of aromatic nitrogens is 2. The Morgan fingerprint density at radius 2 is 0.914 bits per heavy atom. The van der Waals surface area contributed by atoms with E-state index >= 15 is 0 Å². The van der Waals surface area contributed by atoms with Crippen molar-refractivity contribution in [3.8, 4) is 21.1 Å². The fourth-order valence-electron chi connectivity index (χ4n) is 3.15. The Labute approximate surface area is 225 Å². The van der Waals surface area contributed by atoms with Gasteiger partial charge in [-0.15, -0.1) is 22.7 Å². The van der Waals surface area contributed by atoms with Crippen molar-refractivity contribution in [2.75, 3.05) is 0 Å². The fraction of sp³-hybridized carbons (Fsp3) is 0.0357. The van der Waals surface area contributed by atoms with Gasteiger partial charge in [0.05, 0.1) is 26.3 Å². The van der Waals surface area contributed by atoms with Crippen LogP contribution in [-0.2, 0) is 19.5 Å². The number of nitrogens with two attached hydrogens (primary N) is 1. The second-order valence-corrected chi connectivity index (χ2v) is 9.45. The Balaban J connectivity index is 0.000000166. The molecule has 0 aliphatic carbocycles. The molecule has 2 aromatic heterocycles. The van der Waals surface area contributed by atoms with Crippen molar-refractivity contribution in [3.63, 3.8) is 0 Å². The number of thiazole rings is 2. The molecular weight excluding hydrogens is 558 g/mol. The van der Waals surface area contributed by atoms with Crippen LogP contribution in [0.5, 0.6) is 0 Å². The molecule has 0 aliphatic rings. The fourth-order valence-corrected chi connectivity index (χ4v) is 5.10. The van der Waals surface area contributed by atoms with E-state index in [-0.39, 0.29) is 25.3 Å². The van der Waals surface area contributed by atoms with Crippen LogP contribution in [-0.4, -0.2) is 15.8 Å². The van der Waals surface area contributed by atoms with Gasteiger partial charge in [0.1, 0.15) is 10.0 Å². The van der Waals surface area contributed by atoms with Gasteiger partial charge in [0.15, 0.2) is 0 Å². The van der Waals surface area contributed by atoms with Crippen LogP contribution in [0.15, 0.2) is 109 Å². The number of benzene rings is 4. The monoisotopic (exact) mass is 582 g/mol. The largest absolute Gasteiger partial charge is 3.00 e. The summed E-state index contributed by atoms with van der Waals surface area (Å²) in [5.41, 5.74) is 9.25. The molecule has 0 saturated carbocycles. The number of rotatable bonds is 2. The van der Waals surface area contributed by atoms with Crippen LogP contribution in [0, 0.1) is 5.41 Å². The summed E-state index contributed by atoms with van der Waals surface area (Å²) in [6.07, 6.45) is 0. The third-order valence-electron chi connectivity index (χ3n) is 4.63. The second kappa shape index (κ2) is 13.0. The van der Waals surface area contributed by atoms with E-state index in [4.69, 9.17) is 11.1 Å². The van der Waals surface area contributed by atoms with E-state index in [1.807, 2.05) is 48.5 Å². The molecule has 0 atom stereocenters. The zero-order valence-corrected chi connectivity index (χ0v) is 22.4. The number of hydrogen-bond donors (Lipinski definition) is 2. The predicted molar refractivity (Wildman–Crippen MR) is 148 cm³/mol. The van der Waals surface area contributed by atoms with Crippen LogP contribution in [0.2, 0.25) is 0 Å². The van der Waals surface area contributed by atoms with E-state index in [0.717, 1.165) is 21.0 Å². The van der Waals surface area contributed by atoms with E-state index in [1.165, 1.54) is 27.5 Å². The minimum Gasteiger partial charge on any atom is -0.388 e. The smallest absolute Gasteiger partial charge is 0.388 e. The van der Waals surface area contributed by atoms with Gasteiger partial charge in [-0.3, -0.25) is 5.41 Å². The number of nitrogens with zero attached hydrogens (tertiary/aromatic N) is 2. The minimum absolute atomic E-state index is 0. The molecule has 6 rings (SSSR count). The minimum atomic E-state index is 0. The summed E-state index contributed by atoms with van der Waals surface area (Å²) >= 11 is 3.48. The zero-order valence-electron chi connectivity index (χ0n) is 19.0. The third-order valence-corrected chi connectivity index (χ3v) is 6.80. The van der Waals surface area contributed by atoms with Crippen molar-refractivity contribution in [1.29, 1.82) is 5.41 Å². The number of fused-ring (bicyclic) bond motifs is 2. The zero-order chi connectivity index (χ0) is 23.8. The summed E-state index contributed by atoms with van der Waals surface area (Å²) in [5, 5.41) is 8.47. The maximum Gasteiger partial charge on any atom is 3.00 e. The van der Waals surface area contributed by atoms with E-state index in [9.17, 15) is 0 Å². The molecular formula is C28H24N4RuS2+3. The first-order valence-electron chi connectivity index (χ1n) is 10.7. The van der Waals surface area contributed by atoms with E-state index < -0.39 is 0 Å². The van der Waals surface area contributed by atoms with Crippen LogP contribution in [0.1, 0.15) is 6.92 Å². The summed E-state index contributed by atoms with van der Waals surface area (Å²) in [6.45, 7) is 1.53. The molecule has 0 aliphatic heterocycles. The second-order valence-electron chi connectivity index (χ2n) is 7.39. The van der Waals surface area contributed by atoms with Crippen LogP contribution >= 0.6 is 22.7 Å². The van der Waals surface area contributed by atoms with Gasteiger partial charge in [0.25, 0.3) is 0 Å². The van der Waals surface area contributed by atoms with Crippen molar-refractivity contribution < 1.29 is 19.5 Å². The van der Waals surface area contributed by atoms with E-state index in [1.54, 1.807) is 22.7 Å². The van der Waals surface area contributed by atoms with Crippen molar-refractivity contribution in [3.05, 3.63) is 109 Å². The van der Waals surface area contributed by atoms with Crippen LogP contribution < -0.4 is 5.73 Å². The van der Waals surface area contributed by atoms with Crippen molar-refractivity contribution >= 4 is 48.9 Å². The third kappa shape index (κ3) is 7.37. The molecule has 4 nitrogen and oxygen atoms in total. The average molecular weight is 582 g/mol. The Morgan fingerprint density at radius 3 is 1.26 bits per heavy atom. The first kappa shape index (κ1) is 26.4. The number of hydrogen-bond acceptors (Lipinski definition) is 5. The molecule has 0 saturated heterocycles. The van der Waals surface area contributed by atoms with Crippen molar-refractivity contribution in [2.24, 2.45) is 5.73 Å². The van der Waals surface area contributed by atoms with Gasteiger partial charge in [0.2, 0.25) is 0 Å². The van der Waals surface area contributed by atoms with Crippen molar-refractivity contribution in [1.82, 2.24) is 9.97 Å². The molecule has 3 N–H and O–H groups in total. The van der Waals surface area contributed by atoms with Crippen molar-refractivity contribution in [2.45, 2.75) is 6.92 Å². The number of nitrogens with one attached hydrogen (secondary N) is 1. The van der Waals surface area contributed by atoms with Gasteiger partial charge < -0.3 is 5.73 Å². The molecule has 6 aromatic rings. The molecule has 173 valence electrons. The summed E-state index contributed by atoms with van der Waals surface area (Å²) in [6, 6.07) is 37.1. The van der Waals surface area contributed by atoms with Crippen LogP contribution in [0.3, 0.4) is 0 Å². The number of para-hydroxylation sites is 2. The average Bonchev–Trinajstić information content (AvgIpc) is 3.50. The van der Waals surface area contributed by atoms with Crippen LogP contribution in [0.25, 0.3) is 41.6 Å². The molecule has 7 heteroatoms. The molecule has 4 aromatic carbocycles. The Morgan fingerprint density at radius 1 is 0.600 bits per heavy atom. The predicted octanol–water partition coefficient (Wildman–Crippen LogP) is 7.87. The first-order valence-corrected chi connectivity index (χ1v) is 12.4. The van der Waals surface area contributed by atoms with E-state index in [2.05, 4.69) is 70.6 Å². The molecule has 0 spiro atoms. The van der Waals surface area contributed by atoms with Gasteiger partial charge in [-0.05, 0) is 31.2 Å². The molecule has 0 amide bonds. The normalized spacial score (nSPS) is 9.86. The quantitative estimate of drug-likeness (QED) is 0.124. The maximum absolute atomic E-state index is 6.28. The summed E-state index contributed by atoms with van der Waals surface area (Å²) < 4.78 is 2.49. The van der Waals surface area contributed by atoms with Gasteiger partial charge in [-0.1, -0.05) is 84.9 Å². The number of amidine groups is 1. The van der Waals surface area contributed by atoms with Gasteiger partial charge in [0, 0.05) is 11.1 Å².